The van der Waals surface area contributed by atoms with Crippen LogP contribution in [0.5, 0.6) is 0 Å². The molecule has 0 nitrogen and oxygen atoms in total. The van der Waals surface area contributed by atoms with Gasteiger partial charge in [0.25, 0.3) is 0 Å². The average Bonchev–Trinajstić information content (AvgIpc) is 3.29. The van der Waals surface area contributed by atoms with E-state index in [9.17, 15) is 0 Å². The van der Waals surface area contributed by atoms with Crippen molar-refractivity contribution in [3.63, 3.8) is 0 Å². The van der Waals surface area contributed by atoms with Gasteiger partial charge < -0.3 is 0 Å². The normalized spacial score (nSPS) is 26.0. The SMILES string of the molecule is C[C]1([Zr][C]2(C)C=CC=C3C2=Cc2ccccc23)C=CC=C2C1=Cc1ccccc12.Cl.Cl. The van der Waals surface area contributed by atoms with E-state index >= 15 is 0 Å². The summed E-state index contributed by atoms with van der Waals surface area (Å²) in [5.41, 5.74) is 11.5. The fourth-order valence-corrected chi connectivity index (χ4v) is 10.5. The van der Waals surface area contributed by atoms with E-state index in [-0.39, 0.29) is 31.1 Å². The molecule has 31 heavy (non-hydrogen) atoms. The van der Waals surface area contributed by atoms with E-state index in [0.29, 0.717) is 0 Å². The molecule has 0 saturated carbocycles. The van der Waals surface area contributed by atoms with Crippen LogP contribution in [-0.2, 0) is 23.2 Å². The van der Waals surface area contributed by atoms with Gasteiger partial charge in [0.1, 0.15) is 0 Å². The maximum absolute atomic E-state index is 2.49. The molecule has 0 N–H and O–H groups in total. The molecule has 154 valence electrons. The molecular weight excluding hydrogens is 498 g/mol. The first-order chi connectivity index (χ1) is 14.1. The van der Waals surface area contributed by atoms with Crippen LogP contribution in [0.1, 0.15) is 36.1 Å². The fraction of sp³-hybridized carbons (Fsp3) is 0.143. The Morgan fingerprint density at radius 2 is 1.03 bits per heavy atom. The molecule has 0 fully saturated rings. The molecule has 2 atom stereocenters. The smallest absolute Gasteiger partial charge is 0.147 e. The Labute approximate surface area is 208 Å². The van der Waals surface area contributed by atoms with Gasteiger partial charge in [-0.2, -0.15) is 0 Å². The molecule has 2 unspecified atom stereocenters. The molecule has 2 aromatic rings. The second kappa shape index (κ2) is 8.04. The molecule has 0 aliphatic heterocycles. The van der Waals surface area contributed by atoms with E-state index in [0.717, 1.165) is 0 Å². The Kier molecular flexibility index (Phi) is 5.84. The van der Waals surface area contributed by atoms with Gasteiger partial charge in [-0.15, -0.1) is 24.8 Å². The van der Waals surface area contributed by atoms with Gasteiger partial charge in [0.15, 0.2) is 0 Å². The molecular formula is C28H24Cl2Zr. The summed E-state index contributed by atoms with van der Waals surface area (Å²) in [6, 6.07) is 17.7. The molecule has 0 bridgehead atoms. The van der Waals surface area contributed by atoms with E-state index in [1.165, 1.54) is 44.5 Å². The predicted molar refractivity (Wildman–Crippen MR) is 134 cm³/mol. The number of hydrogen-bond donors (Lipinski definition) is 0. The third kappa shape index (κ3) is 3.37. The van der Waals surface area contributed by atoms with Gasteiger partial charge in [0.2, 0.25) is 0 Å². The van der Waals surface area contributed by atoms with Crippen LogP contribution in [0.2, 0.25) is 6.25 Å². The summed E-state index contributed by atoms with van der Waals surface area (Å²) in [5, 5.41) is 0. The fourth-order valence-electron chi connectivity index (χ4n) is 5.32. The number of rotatable bonds is 2. The van der Waals surface area contributed by atoms with E-state index in [1.54, 1.807) is 0 Å². The van der Waals surface area contributed by atoms with Crippen molar-refractivity contribution in [1.29, 1.82) is 0 Å². The summed E-state index contributed by atoms with van der Waals surface area (Å²) in [6.45, 7) is 4.97. The maximum Gasteiger partial charge on any atom is -0.147 e. The number of hydrogen-bond acceptors (Lipinski definition) is 0. The minimum absolute atomic E-state index is 0. The number of benzene rings is 2. The van der Waals surface area contributed by atoms with E-state index in [4.69, 9.17) is 0 Å². The topological polar surface area (TPSA) is 0 Å². The number of allylic oxidation sites excluding steroid dienone is 10. The second-order valence-electron chi connectivity index (χ2n) is 8.70. The first kappa shape index (κ1) is 22.5. The molecule has 2 aromatic carbocycles. The Morgan fingerprint density at radius 3 is 1.48 bits per heavy atom. The number of fused-ring (bicyclic) bond motifs is 6. The Hall–Kier alpha value is -1.66. The summed E-state index contributed by atoms with van der Waals surface area (Å²) in [7, 11) is 0. The van der Waals surface area contributed by atoms with Gasteiger partial charge in [-0.3, -0.25) is 0 Å². The van der Waals surface area contributed by atoms with Gasteiger partial charge >= 0.3 is 185 Å². The molecule has 0 spiro atoms. The van der Waals surface area contributed by atoms with E-state index in [1.807, 2.05) is 0 Å². The molecule has 0 amide bonds. The van der Waals surface area contributed by atoms with Crippen molar-refractivity contribution in [2.24, 2.45) is 0 Å². The Balaban J connectivity index is 0.00000116. The van der Waals surface area contributed by atoms with Crippen LogP contribution in [0.15, 0.2) is 96.1 Å². The van der Waals surface area contributed by atoms with Crippen LogP contribution in [0.3, 0.4) is 0 Å². The van der Waals surface area contributed by atoms with Gasteiger partial charge in [-0.05, 0) is 0 Å². The van der Waals surface area contributed by atoms with E-state index in [2.05, 4.69) is 111 Å². The van der Waals surface area contributed by atoms with Crippen molar-refractivity contribution in [2.75, 3.05) is 0 Å². The second-order valence-corrected chi connectivity index (χ2v) is 14.4. The molecule has 4 aliphatic rings. The average molecular weight is 523 g/mol. The molecule has 4 aliphatic carbocycles. The molecule has 6 rings (SSSR count). The predicted octanol–water partition coefficient (Wildman–Crippen LogP) is 8.37. The van der Waals surface area contributed by atoms with Crippen molar-refractivity contribution < 1.29 is 23.2 Å². The van der Waals surface area contributed by atoms with Crippen LogP contribution >= 0.6 is 24.8 Å². The van der Waals surface area contributed by atoms with Crippen LogP contribution in [0.4, 0.5) is 0 Å². The molecule has 0 saturated heterocycles. The zero-order chi connectivity index (χ0) is 19.6. The summed E-state index contributed by atoms with van der Waals surface area (Å²) < 4.78 is 0.341. The van der Waals surface area contributed by atoms with Crippen LogP contribution < -0.4 is 0 Å². The maximum atomic E-state index is 2.49. The summed E-state index contributed by atoms with van der Waals surface area (Å²) in [4.78, 5) is 0. The standard InChI is InChI=1S/2C14H11.2ClH.Zr/c2*1-10-5-4-8-13-12-7-3-2-6-11(12)9-14(10)13;;;/h2*2-9H,1H3;2*1H;. The van der Waals surface area contributed by atoms with Crippen molar-refractivity contribution in [3.05, 3.63) is 118 Å². The first-order valence-electron chi connectivity index (χ1n) is 10.3. The number of halogens is 2. The van der Waals surface area contributed by atoms with Crippen LogP contribution in [0, 0.1) is 0 Å². The van der Waals surface area contributed by atoms with Crippen molar-refractivity contribution in [1.82, 2.24) is 0 Å². The summed E-state index contributed by atoms with van der Waals surface area (Å²) in [5.74, 6) is 0. The van der Waals surface area contributed by atoms with Gasteiger partial charge in [-0.1, -0.05) is 0 Å². The van der Waals surface area contributed by atoms with E-state index < -0.39 is 23.2 Å². The quantitative estimate of drug-likeness (QED) is 0.372. The summed E-state index contributed by atoms with van der Waals surface area (Å²) in [6.07, 6.45) is 19.1. The third-order valence-electron chi connectivity index (χ3n) is 6.71. The van der Waals surface area contributed by atoms with Crippen molar-refractivity contribution in [2.45, 2.75) is 20.1 Å². The van der Waals surface area contributed by atoms with Crippen molar-refractivity contribution in [3.8, 4) is 0 Å². The Bertz CT molecular complexity index is 1160. The van der Waals surface area contributed by atoms with Crippen LogP contribution in [-0.4, -0.2) is 0 Å². The first-order valence-corrected chi connectivity index (χ1v) is 12.8. The van der Waals surface area contributed by atoms with Crippen LogP contribution in [0.25, 0.3) is 23.3 Å². The minimum Gasteiger partial charge on any atom is -0.147 e. The monoisotopic (exact) mass is 520 g/mol. The third-order valence-corrected chi connectivity index (χ3v) is 11.4. The molecule has 0 radical (unpaired) electrons. The molecule has 3 heteroatoms. The van der Waals surface area contributed by atoms with Gasteiger partial charge in [0.05, 0.1) is 0 Å². The van der Waals surface area contributed by atoms with Gasteiger partial charge in [-0.25, -0.2) is 0 Å². The molecule has 0 heterocycles. The zero-order valence-corrected chi connectivity index (χ0v) is 21.6. The zero-order valence-electron chi connectivity index (χ0n) is 17.6. The summed E-state index contributed by atoms with van der Waals surface area (Å²) >= 11 is -0.966. The Morgan fingerprint density at radius 1 is 0.613 bits per heavy atom. The minimum atomic E-state index is -0.966. The largest absolute Gasteiger partial charge is 0.147 e. The van der Waals surface area contributed by atoms with Gasteiger partial charge in [0, 0.05) is 0 Å². The molecule has 0 aromatic heterocycles. The van der Waals surface area contributed by atoms with Crippen molar-refractivity contribution >= 4 is 48.1 Å².